The number of rotatable bonds is 0. The van der Waals surface area contributed by atoms with Crippen LogP contribution in [-0.2, 0) is 23.0 Å². The molecule has 0 atom stereocenters. The maximum atomic E-state index is 5.16. The number of ether oxygens (including phenoxy) is 1. The van der Waals surface area contributed by atoms with Crippen molar-refractivity contribution in [1.29, 1.82) is 0 Å². The van der Waals surface area contributed by atoms with Gasteiger partial charge in [-0.1, -0.05) is 0 Å². The molecule has 1 nitrogen and oxygen atoms in total. The molecule has 0 aromatic heterocycles. The summed E-state index contributed by atoms with van der Waals surface area (Å²) in [6.07, 6.45) is 2.64. The molecule has 1 rings (SSSR count). The molecule has 0 spiro atoms. The molecule has 0 aliphatic carbocycles. The van der Waals surface area contributed by atoms with Gasteiger partial charge in [-0.05, 0) is 0 Å². The standard InChI is InChI=1S/C5H9O.HI.Zn/c1-2-4-6-5-3-1;;/h1H,2-5H2;1H;/q;;+1/p-1. The molecule has 1 saturated heterocycles. The Kier molecular flexibility index (Phi) is 5.97. The molecule has 0 aromatic carbocycles. The molecule has 3 heteroatoms. The fourth-order valence-corrected chi connectivity index (χ4v) is 1.45. The summed E-state index contributed by atoms with van der Waals surface area (Å²) in [7, 11) is 0. The zero-order valence-electron chi connectivity index (χ0n) is 4.90. The predicted octanol–water partition coefficient (Wildman–Crippen LogP) is -1.86. The number of hydrogen-bond donors (Lipinski definition) is 0. The summed E-state index contributed by atoms with van der Waals surface area (Å²) in [5, 5.41) is 0. The Morgan fingerprint density at radius 2 is 1.75 bits per heavy atom. The molecule has 1 heterocycles. The van der Waals surface area contributed by atoms with E-state index in [2.05, 4.69) is 0 Å². The van der Waals surface area contributed by atoms with Crippen molar-refractivity contribution in [1.82, 2.24) is 0 Å². The SMILES string of the molecule is [I-].[Zn+][CH]1CCOCC1. The fourth-order valence-electron chi connectivity index (χ4n) is 0.746. The van der Waals surface area contributed by atoms with E-state index in [0.717, 1.165) is 17.7 Å². The number of halogens is 1. The Labute approximate surface area is 77.2 Å². The molecule has 1 fully saturated rings. The molecule has 0 bridgehead atoms. The van der Waals surface area contributed by atoms with Crippen LogP contribution in [-0.4, -0.2) is 13.2 Å². The van der Waals surface area contributed by atoms with Crippen molar-refractivity contribution < 1.29 is 47.0 Å². The summed E-state index contributed by atoms with van der Waals surface area (Å²) in [5.41, 5.74) is 0. The first kappa shape index (κ1) is 9.31. The first-order valence-corrected chi connectivity index (χ1v) is 4.52. The van der Waals surface area contributed by atoms with Crippen LogP contribution in [0, 0.1) is 0 Å². The molecule has 0 unspecified atom stereocenters. The topological polar surface area (TPSA) is 9.23 Å². The van der Waals surface area contributed by atoms with Crippen LogP contribution in [0.4, 0.5) is 0 Å². The second kappa shape index (κ2) is 5.13. The maximum absolute atomic E-state index is 5.16. The van der Waals surface area contributed by atoms with Crippen molar-refractivity contribution in [2.75, 3.05) is 13.2 Å². The molecule has 8 heavy (non-hydrogen) atoms. The van der Waals surface area contributed by atoms with Gasteiger partial charge < -0.3 is 24.0 Å². The fraction of sp³-hybridized carbons (Fsp3) is 1.00. The first-order chi connectivity index (χ1) is 3.39. The van der Waals surface area contributed by atoms with Crippen LogP contribution in [0.5, 0.6) is 0 Å². The van der Waals surface area contributed by atoms with E-state index in [1.807, 2.05) is 0 Å². The molecule has 0 amide bonds. The van der Waals surface area contributed by atoms with Gasteiger partial charge in [0.15, 0.2) is 0 Å². The van der Waals surface area contributed by atoms with E-state index in [1.54, 1.807) is 0 Å². The summed E-state index contributed by atoms with van der Waals surface area (Å²) < 4.78 is 6.20. The van der Waals surface area contributed by atoms with Crippen molar-refractivity contribution in [3.8, 4) is 0 Å². The van der Waals surface area contributed by atoms with Gasteiger partial charge >= 0.3 is 53.6 Å². The Morgan fingerprint density at radius 3 is 2.00 bits per heavy atom. The van der Waals surface area contributed by atoms with Gasteiger partial charge in [-0.3, -0.25) is 0 Å². The number of hydrogen-bond acceptors (Lipinski definition) is 1. The summed E-state index contributed by atoms with van der Waals surface area (Å²) in [6.45, 7) is 2.04. The molecular formula is C5H9IOZn. The quantitative estimate of drug-likeness (QED) is 0.373. The van der Waals surface area contributed by atoms with Crippen LogP contribution < -0.4 is 24.0 Å². The van der Waals surface area contributed by atoms with Gasteiger partial charge in [0.1, 0.15) is 0 Å². The van der Waals surface area contributed by atoms with Crippen molar-refractivity contribution in [2.24, 2.45) is 0 Å². The average molecular weight is 277 g/mol. The van der Waals surface area contributed by atoms with Crippen molar-refractivity contribution in [3.05, 3.63) is 0 Å². The molecule has 1 aliphatic heterocycles. The molecule has 0 N–H and O–H groups in total. The normalized spacial score (nSPS) is 22.2. The second-order valence-corrected chi connectivity index (χ2v) is 4.48. The van der Waals surface area contributed by atoms with Crippen molar-refractivity contribution in [2.45, 2.75) is 17.4 Å². The monoisotopic (exact) mass is 276 g/mol. The third-order valence-corrected chi connectivity index (χ3v) is 3.05. The van der Waals surface area contributed by atoms with Crippen LogP contribution in [0.3, 0.4) is 0 Å². The first-order valence-electron chi connectivity index (χ1n) is 2.80. The van der Waals surface area contributed by atoms with Crippen LogP contribution in [0.2, 0.25) is 4.51 Å². The van der Waals surface area contributed by atoms with Crippen LogP contribution in [0.15, 0.2) is 0 Å². The third kappa shape index (κ3) is 3.36. The van der Waals surface area contributed by atoms with Gasteiger partial charge in [-0.2, -0.15) is 0 Å². The van der Waals surface area contributed by atoms with E-state index < -0.39 is 0 Å². The van der Waals surface area contributed by atoms with Gasteiger partial charge in [0, 0.05) is 0 Å². The van der Waals surface area contributed by atoms with Crippen molar-refractivity contribution >= 4 is 0 Å². The van der Waals surface area contributed by atoms with E-state index in [0.29, 0.717) is 0 Å². The van der Waals surface area contributed by atoms with Crippen LogP contribution >= 0.6 is 0 Å². The minimum atomic E-state index is 0. The van der Waals surface area contributed by atoms with Gasteiger partial charge in [0.05, 0.1) is 0 Å². The van der Waals surface area contributed by atoms with Gasteiger partial charge in [-0.15, -0.1) is 0 Å². The van der Waals surface area contributed by atoms with E-state index in [-0.39, 0.29) is 24.0 Å². The van der Waals surface area contributed by atoms with Gasteiger partial charge in [0.2, 0.25) is 0 Å². The summed E-state index contributed by atoms with van der Waals surface area (Å²) in [5.74, 6) is 0. The van der Waals surface area contributed by atoms with Crippen LogP contribution in [0.1, 0.15) is 12.8 Å². The van der Waals surface area contributed by atoms with Crippen molar-refractivity contribution in [3.63, 3.8) is 0 Å². The average Bonchev–Trinajstić information content (AvgIpc) is 1.69. The Morgan fingerprint density at radius 1 is 1.25 bits per heavy atom. The van der Waals surface area contributed by atoms with E-state index in [1.165, 1.54) is 31.1 Å². The predicted molar refractivity (Wildman–Crippen MR) is 23.8 cm³/mol. The molecule has 0 saturated carbocycles. The second-order valence-electron chi connectivity index (χ2n) is 2.06. The molecule has 1 aliphatic rings. The summed E-state index contributed by atoms with van der Waals surface area (Å²) in [6, 6.07) is 0. The minimum absolute atomic E-state index is 0. The van der Waals surface area contributed by atoms with Gasteiger partial charge in [0.25, 0.3) is 0 Å². The molecule has 0 radical (unpaired) electrons. The molecular weight excluding hydrogens is 268 g/mol. The zero-order chi connectivity index (χ0) is 5.11. The Hall–Kier alpha value is 1.31. The van der Waals surface area contributed by atoms with E-state index >= 15 is 0 Å². The van der Waals surface area contributed by atoms with E-state index in [4.69, 9.17) is 4.74 Å². The Bertz CT molecular complexity index is 54.4. The Balaban J connectivity index is 0.000000490. The van der Waals surface area contributed by atoms with Gasteiger partial charge in [-0.25, -0.2) is 0 Å². The summed E-state index contributed by atoms with van der Waals surface area (Å²) >= 11 is 1.46. The summed E-state index contributed by atoms with van der Waals surface area (Å²) in [4.78, 5) is 0. The third-order valence-electron chi connectivity index (χ3n) is 1.34. The van der Waals surface area contributed by atoms with Crippen LogP contribution in [0.25, 0.3) is 0 Å². The zero-order valence-corrected chi connectivity index (χ0v) is 10.0. The molecule has 44 valence electrons. The van der Waals surface area contributed by atoms with E-state index in [9.17, 15) is 0 Å². The molecule has 0 aromatic rings.